The van der Waals surface area contributed by atoms with Gasteiger partial charge in [-0.25, -0.2) is 4.98 Å². The second-order valence-corrected chi connectivity index (χ2v) is 6.13. The van der Waals surface area contributed by atoms with Crippen molar-refractivity contribution in [1.82, 2.24) is 9.97 Å². The molecular weight excluding hydrogens is 332 g/mol. The number of phenolic OH excluding ortho intramolecular Hbond substituents is 1. The van der Waals surface area contributed by atoms with Crippen molar-refractivity contribution in [2.24, 2.45) is 0 Å². The standard InChI is InChI=1S/C19H16N4O3/c1-10(11-3-2-4-13(24)7-11)22-16-17(19(26)18(16)25)23-12-5-6-14-15(8-12)21-9-20-14/h2-10,22-24H,1H3,(H,20,21)/t10-/m0/s1. The first kappa shape index (κ1) is 15.9. The molecule has 0 saturated carbocycles. The van der Waals surface area contributed by atoms with Gasteiger partial charge in [0.15, 0.2) is 0 Å². The summed E-state index contributed by atoms with van der Waals surface area (Å²) < 4.78 is 0. The molecule has 0 radical (unpaired) electrons. The van der Waals surface area contributed by atoms with Crippen LogP contribution in [-0.2, 0) is 0 Å². The first-order valence-corrected chi connectivity index (χ1v) is 8.12. The van der Waals surface area contributed by atoms with Crippen molar-refractivity contribution in [3.8, 4) is 5.75 Å². The van der Waals surface area contributed by atoms with Gasteiger partial charge in [0.25, 0.3) is 10.9 Å². The maximum atomic E-state index is 12.0. The highest BCUT2D eigenvalue weighted by Gasteiger charge is 2.23. The van der Waals surface area contributed by atoms with Crippen LogP contribution in [0.1, 0.15) is 18.5 Å². The summed E-state index contributed by atoms with van der Waals surface area (Å²) in [5.74, 6) is 0.146. The molecule has 1 heterocycles. The summed E-state index contributed by atoms with van der Waals surface area (Å²) in [7, 11) is 0. The van der Waals surface area contributed by atoms with Gasteiger partial charge in [-0.3, -0.25) is 9.59 Å². The summed E-state index contributed by atoms with van der Waals surface area (Å²) in [4.78, 5) is 31.1. The number of hydrogen-bond acceptors (Lipinski definition) is 6. The molecule has 0 unspecified atom stereocenters. The molecule has 4 N–H and O–H groups in total. The Balaban J connectivity index is 1.59. The molecule has 0 spiro atoms. The first-order valence-electron chi connectivity index (χ1n) is 8.12. The van der Waals surface area contributed by atoms with Crippen LogP contribution in [0.4, 0.5) is 17.1 Å². The maximum Gasteiger partial charge on any atom is 0.253 e. The van der Waals surface area contributed by atoms with E-state index in [2.05, 4.69) is 20.6 Å². The van der Waals surface area contributed by atoms with Gasteiger partial charge >= 0.3 is 0 Å². The number of H-pyrrole nitrogens is 1. The third kappa shape index (κ3) is 2.69. The molecule has 0 fully saturated rings. The smallest absolute Gasteiger partial charge is 0.253 e. The van der Waals surface area contributed by atoms with E-state index in [9.17, 15) is 14.7 Å². The van der Waals surface area contributed by atoms with Crippen molar-refractivity contribution >= 4 is 28.1 Å². The normalized spacial score (nSPS) is 12.3. The highest BCUT2D eigenvalue weighted by molar-refractivity contribution is 5.84. The second kappa shape index (κ2) is 6.03. The van der Waals surface area contributed by atoms with Crippen LogP contribution in [0, 0.1) is 0 Å². The van der Waals surface area contributed by atoms with E-state index in [0.717, 1.165) is 16.6 Å². The van der Waals surface area contributed by atoms with Gasteiger partial charge in [-0.1, -0.05) is 12.1 Å². The Kier molecular flexibility index (Phi) is 3.69. The monoisotopic (exact) mass is 348 g/mol. The second-order valence-electron chi connectivity index (χ2n) is 6.13. The number of nitrogens with zero attached hydrogens (tertiary/aromatic N) is 1. The number of anilines is 3. The average Bonchev–Trinajstić information content (AvgIpc) is 3.11. The van der Waals surface area contributed by atoms with Crippen molar-refractivity contribution < 1.29 is 5.11 Å². The predicted molar refractivity (Wildman–Crippen MR) is 101 cm³/mol. The molecule has 3 aromatic carbocycles. The average molecular weight is 348 g/mol. The summed E-state index contributed by atoms with van der Waals surface area (Å²) >= 11 is 0. The fourth-order valence-electron chi connectivity index (χ4n) is 2.90. The van der Waals surface area contributed by atoms with Crippen LogP contribution < -0.4 is 21.5 Å². The fraction of sp³-hybridized carbons (Fsp3) is 0.105. The van der Waals surface area contributed by atoms with Crippen LogP contribution in [0.15, 0.2) is 58.4 Å². The number of aromatic amines is 1. The Bertz CT molecular complexity index is 1170. The van der Waals surface area contributed by atoms with E-state index in [1.54, 1.807) is 30.6 Å². The number of nitrogens with one attached hydrogen (secondary N) is 3. The molecule has 4 rings (SSSR count). The zero-order valence-corrected chi connectivity index (χ0v) is 13.9. The third-order valence-corrected chi connectivity index (χ3v) is 4.33. The van der Waals surface area contributed by atoms with Gasteiger partial charge in [0.1, 0.15) is 17.1 Å². The van der Waals surface area contributed by atoms with Gasteiger partial charge in [0.2, 0.25) is 0 Å². The lowest BCUT2D eigenvalue weighted by atomic mass is 10.1. The van der Waals surface area contributed by atoms with E-state index in [1.165, 1.54) is 0 Å². The molecule has 0 bridgehead atoms. The molecule has 0 amide bonds. The third-order valence-electron chi connectivity index (χ3n) is 4.33. The van der Waals surface area contributed by atoms with Crippen molar-refractivity contribution in [1.29, 1.82) is 0 Å². The predicted octanol–water partition coefficient (Wildman–Crippen LogP) is 2.78. The summed E-state index contributed by atoms with van der Waals surface area (Å²) in [5, 5.41) is 15.7. The Morgan fingerprint density at radius 3 is 2.69 bits per heavy atom. The molecule has 1 atom stereocenters. The van der Waals surface area contributed by atoms with Gasteiger partial charge in [-0.2, -0.15) is 0 Å². The van der Waals surface area contributed by atoms with E-state index in [-0.39, 0.29) is 23.2 Å². The van der Waals surface area contributed by atoms with Crippen LogP contribution in [0.3, 0.4) is 0 Å². The minimum atomic E-state index is -0.555. The van der Waals surface area contributed by atoms with Gasteiger partial charge in [0, 0.05) is 11.7 Å². The zero-order valence-electron chi connectivity index (χ0n) is 13.9. The lowest BCUT2D eigenvalue weighted by Crippen LogP contribution is -2.37. The van der Waals surface area contributed by atoms with Crippen LogP contribution in [0.25, 0.3) is 11.0 Å². The van der Waals surface area contributed by atoms with Crippen molar-refractivity contribution in [3.63, 3.8) is 0 Å². The highest BCUT2D eigenvalue weighted by atomic mass is 16.3. The van der Waals surface area contributed by atoms with Gasteiger partial charge in [0.05, 0.1) is 17.4 Å². The van der Waals surface area contributed by atoms with Crippen LogP contribution in [-0.4, -0.2) is 15.1 Å². The van der Waals surface area contributed by atoms with Crippen LogP contribution in [0.5, 0.6) is 5.75 Å². The molecule has 0 aliphatic carbocycles. The molecule has 130 valence electrons. The number of rotatable bonds is 5. The van der Waals surface area contributed by atoms with Gasteiger partial charge in [-0.05, 0) is 42.8 Å². The fourth-order valence-corrected chi connectivity index (χ4v) is 2.90. The van der Waals surface area contributed by atoms with E-state index in [4.69, 9.17) is 0 Å². The Labute approximate surface area is 148 Å². The number of imidazole rings is 1. The number of phenols is 1. The van der Waals surface area contributed by atoms with Crippen molar-refractivity contribution in [2.75, 3.05) is 10.6 Å². The minimum Gasteiger partial charge on any atom is -0.508 e. The molecule has 0 aliphatic heterocycles. The van der Waals surface area contributed by atoms with E-state index in [1.807, 2.05) is 25.1 Å². The zero-order chi connectivity index (χ0) is 18.3. The van der Waals surface area contributed by atoms with Crippen molar-refractivity contribution in [3.05, 3.63) is 74.8 Å². The number of aromatic hydroxyl groups is 1. The molecule has 4 aromatic rings. The van der Waals surface area contributed by atoms with Crippen molar-refractivity contribution in [2.45, 2.75) is 13.0 Å². The minimum absolute atomic E-state index is 0.146. The summed E-state index contributed by atoms with van der Waals surface area (Å²) in [6.07, 6.45) is 1.59. The quantitative estimate of drug-likeness (QED) is 0.413. The topological polar surface area (TPSA) is 107 Å². The Morgan fingerprint density at radius 1 is 1.08 bits per heavy atom. The Morgan fingerprint density at radius 2 is 1.88 bits per heavy atom. The lowest BCUT2D eigenvalue weighted by Gasteiger charge is -2.20. The summed E-state index contributed by atoms with van der Waals surface area (Å²) in [6.45, 7) is 1.85. The SMILES string of the molecule is C[C@H](Nc1c(Nc2ccc3nc[nH]c3c2)c(=O)c1=O)c1cccc(O)c1. The Hall–Kier alpha value is -3.61. The molecule has 7 heteroatoms. The van der Waals surface area contributed by atoms with Crippen LogP contribution in [0.2, 0.25) is 0 Å². The number of aromatic nitrogens is 2. The van der Waals surface area contributed by atoms with E-state index >= 15 is 0 Å². The molecule has 26 heavy (non-hydrogen) atoms. The van der Waals surface area contributed by atoms with Gasteiger partial charge < -0.3 is 20.7 Å². The number of benzene rings is 2. The largest absolute Gasteiger partial charge is 0.508 e. The highest BCUT2D eigenvalue weighted by Crippen LogP contribution is 2.27. The lowest BCUT2D eigenvalue weighted by molar-refractivity contribution is 0.474. The van der Waals surface area contributed by atoms with E-state index in [0.29, 0.717) is 5.69 Å². The maximum absolute atomic E-state index is 12.0. The summed E-state index contributed by atoms with van der Waals surface area (Å²) in [6, 6.07) is 11.9. The molecule has 7 nitrogen and oxygen atoms in total. The first-order chi connectivity index (χ1) is 12.5. The van der Waals surface area contributed by atoms with E-state index < -0.39 is 10.9 Å². The molecule has 0 saturated heterocycles. The summed E-state index contributed by atoms with van der Waals surface area (Å²) in [5.41, 5.74) is 2.51. The van der Waals surface area contributed by atoms with Crippen LogP contribution >= 0.6 is 0 Å². The molecular formula is C19H16N4O3. The number of fused-ring (bicyclic) bond motifs is 1. The number of hydrogen-bond donors (Lipinski definition) is 4. The van der Waals surface area contributed by atoms with Gasteiger partial charge in [-0.15, -0.1) is 0 Å². The molecule has 1 aromatic heterocycles. The molecule has 0 aliphatic rings.